The van der Waals surface area contributed by atoms with Gasteiger partial charge in [-0.05, 0) is 241 Å². The van der Waals surface area contributed by atoms with Gasteiger partial charge in [0.25, 0.3) is 0 Å². The molecule has 0 atom stereocenters. The molecule has 109 heavy (non-hydrogen) atoms. The van der Waals surface area contributed by atoms with Crippen LogP contribution in [-0.4, -0.2) is 194 Å². The number of para-hydroxylation sites is 2. The van der Waals surface area contributed by atoms with Gasteiger partial charge in [0.05, 0.1) is 5.60 Å². The van der Waals surface area contributed by atoms with Crippen LogP contribution in [0.5, 0.6) is 5.75 Å². The molecule has 0 aliphatic carbocycles. The quantitative estimate of drug-likeness (QED) is 0.0950. The summed E-state index contributed by atoms with van der Waals surface area (Å²) in [5.41, 5.74) is 2.76. The van der Waals surface area contributed by atoms with Crippen LogP contribution in [0.1, 0.15) is 213 Å². The van der Waals surface area contributed by atoms with Crippen LogP contribution in [-0.2, 0) is 4.74 Å². The Hall–Kier alpha value is -3.50. The Kier molecular flexibility index (Phi) is 43.7. The molecule has 14 heteroatoms. The van der Waals surface area contributed by atoms with E-state index in [1.165, 1.54) is 79.8 Å². The average molecular weight is 1590 g/mol. The molecule has 5 aromatic rings. The van der Waals surface area contributed by atoms with Gasteiger partial charge in [0.2, 0.25) is 0 Å². The minimum absolute atomic E-state index is 0.0417. The van der Waals surface area contributed by atoms with Crippen LogP contribution >= 0.6 is 0 Å². The minimum Gasteiger partial charge on any atom is -0.488 e. The van der Waals surface area contributed by atoms with Crippen LogP contribution < -0.4 is 25.2 Å². The number of likely N-dealkylation sites (tertiary alicyclic amines) is 1. The van der Waals surface area contributed by atoms with E-state index in [0.29, 0.717) is 39.3 Å². The summed E-state index contributed by atoms with van der Waals surface area (Å²) in [5.74, 6) is 0.931. The summed E-state index contributed by atoms with van der Waals surface area (Å²) in [6.07, 6.45) is 4.06. The van der Waals surface area contributed by atoms with E-state index in [2.05, 4.69) is 400 Å². The summed E-state index contributed by atoms with van der Waals surface area (Å²) in [4.78, 5) is 12.6. The number of rotatable bonds is 11. The third-order valence-corrected chi connectivity index (χ3v) is 42.7. The highest BCUT2D eigenvalue weighted by Gasteiger charge is 2.49. The zero-order valence-corrected chi connectivity index (χ0v) is 84.9. The van der Waals surface area contributed by atoms with Crippen molar-refractivity contribution in [2.24, 2.45) is 0 Å². The van der Waals surface area contributed by atoms with Crippen LogP contribution in [0.2, 0.25) is 88.6 Å². The van der Waals surface area contributed by atoms with Crippen molar-refractivity contribution in [2.75, 3.05) is 78.5 Å². The molecular formula is C95H179N7O2Si5. The molecule has 8 rings (SSSR count). The third kappa shape index (κ3) is 39.6. The Bertz CT molecular complexity index is 2970. The minimum atomic E-state index is -2.13. The lowest BCUT2D eigenvalue weighted by Crippen LogP contribution is -2.72. The van der Waals surface area contributed by atoms with E-state index in [9.17, 15) is 0 Å². The van der Waals surface area contributed by atoms with Gasteiger partial charge < -0.3 is 28.1 Å². The smallest absolute Gasteiger partial charge is 0.153 e. The fourth-order valence-electron chi connectivity index (χ4n) is 15.6. The molecule has 0 bridgehead atoms. The highest BCUT2D eigenvalue weighted by Crippen LogP contribution is 2.40. The van der Waals surface area contributed by atoms with Gasteiger partial charge in [-0.3, -0.25) is 14.7 Å². The Labute approximate surface area is 684 Å². The maximum Gasteiger partial charge on any atom is 0.153 e. The molecule has 0 radical (unpaired) electrons. The van der Waals surface area contributed by atoms with Crippen LogP contribution in [0.3, 0.4) is 0 Å². The van der Waals surface area contributed by atoms with Gasteiger partial charge in [-0.2, -0.15) is 0 Å². The topological polar surface area (TPSA) is 41.1 Å². The SMILES string of the molecule is CC(C)(C)N([Si](C)(C)C)[Si](C)(C)C.CC(C)(C)Oc1ccccc1.CC(C)(C)[Si](C)(C)C.CC(C)(C)[Si](c1ccccc1)(c1ccccc1)c1ccccc1.CC(C)N1C(C)(C)CCCC1(C)C.CC(C)N1CCN(C)CC1.CC(C)N1CCN(c2ccccc2)CC1.CN(C(C)(C)C)[Si](C)(C)C.COC(C)(C)C. The van der Waals surface area contributed by atoms with Gasteiger partial charge in [-0.1, -0.05) is 248 Å². The number of piperazine rings is 2. The molecular weight excluding hydrogens is 1410 g/mol. The number of ether oxygens (including phenoxy) is 2. The van der Waals surface area contributed by atoms with Crippen LogP contribution in [0.25, 0.3) is 0 Å². The lowest BCUT2D eigenvalue weighted by atomic mass is 9.79. The predicted octanol–water partition coefficient (Wildman–Crippen LogP) is 24.0. The van der Waals surface area contributed by atoms with E-state index in [-0.39, 0.29) is 16.2 Å². The predicted molar refractivity (Wildman–Crippen MR) is 508 cm³/mol. The molecule has 5 aromatic carbocycles. The molecule has 0 saturated carbocycles. The fourth-order valence-corrected chi connectivity index (χ4v) is 35.4. The molecule has 0 amide bonds. The van der Waals surface area contributed by atoms with Crippen molar-refractivity contribution in [3.8, 4) is 5.75 Å². The average Bonchev–Trinajstić information content (AvgIpc) is 0.727. The molecule has 3 aliphatic heterocycles. The van der Waals surface area contributed by atoms with Gasteiger partial charge in [0, 0.05) is 108 Å². The standard InChI is InChI=1S/C22H24Si.C13H20N2.C12H25N.C10H27NSi2.C10H14O.C8H18N2.C8H21NSi.C7H18Si.C5H12O/c1-22(2,3)23(19-13-7-4-8-14-19,20-15-9-5-10-16-20)21-17-11-6-12-18-21;1-12(2)14-8-10-15(11-9-14)13-6-4-3-5-7-13;1-10(2)13-11(3,4)8-7-9-12(13,5)6;1-10(2,3)11(12(4,5)6)13(7,8)9;1-10(2,3)11-9-7-5-4-6-8-9;1-8(2)10-6-4-9(3)5-7-10;1-8(2,3)9(4)10(5,6)7;1-7(2,3)8(4,5)6;1-5(2,3)6-4/h4-18H,1-3H3;3-7,12H,8-11H2,1-2H3;10H,7-9H2,1-6H3;1-9H3;4-8H,1-3H3;8H,4-7H2,1-3H3;1-7H3;1-6H3;1-4H3. The second kappa shape index (κ2) is 45.1. The Balaban J connectivity index is 0.00000123. The maximum absolute atomic E-state index is 5.60. The maximum atomic E-state index is 5.60. The lowest BCUT2D eigenvalue weighted by Gasteiger charge is -2.55. The van der Waals surface area contributed by atoms with Crippen LogP contribution in [0, 0.1) is 0 Å². The zero-order valence-electron chi connectivity index (χ0n) is 79.9. The number of anilines is 1. The van der Waals surface area contributed by atoms with Crippen molar-refractivity contribution < 1.29 is 9.47 Å². The molecule has 3 saturated heterocycles. The largest absolute Gasteiger partial charge is 0.488 e. The van der Waals surface area contributed by atoms with E-state index in [1.807, 2.05) is 71.9 Å². The summed E-state index contributed by atoms with van der Waals surface area (Å²) in [7, 11) is -0.243. The van der Waals surface area contributed by atoms with E-state index < -0.39 is 40.9 Å². The number of nitrogens with zero attached hydrogens (tertiary/aromatic N) is 7. The molecule has 3 fully saturated rings. The first-order valence-electron chi connectivity index (χ1n) is 42.0. The second-order valence-electron chi connectivity index (χ2n) is 43.0. The molecule has 0 aromatic heterocycles. The van der Waals surface area contributed by atoms with Crippen molar-refractivity contribution in [3.05, 3.63) is 152 Å². The van der Waals surface area contributed by atoms with E-state index in [0.717, 1.165) is 24.9 Å². The highest BCUT2D eigenvalue weighted by atomic mass is 28.4. The molecule has 0 N–H and O–H groups in total. The second-order valence-corrected chi connectivity index (χ2v) is 68.8. The third-order valence-electron chi connectivity index (χ3n) is 21.6. The molecule has 626 valence electrons. The lowest BCUT2D eigenvalue weighted by molar-refractivity contribution is -0.0508. The van der Waals surface area contributed by atoms with Gasteiger partial charge in [-0.15, -0.1) is 0 Å². The first kappa shape index (κ1) is 106. The van der Waals surface area contributed by atoms with E-state index in [4.69, 9.17) is 9.47 Å². The number of hydrogen-bond acceptors (Lipinski definition) is 9. The number of hydrogen-bond donors (Lipinski definition) is 0. The number of likely N-dealkylation sites (N-methyl/N-ethyl adjacent to an activating group) is 1. The number of methoxy groups -OCH3 is 1. The van der Waals surface area contributed by atoms with Crippen LogP contribution in [0.4, 0.5) is 5.69 Å². The molecule has 0 spiro atoms. The van der Waals surface area contributed by atoms with Gasteiger partial charge in [-0.25, -0.2) is 0 Å². The first-order chi connectivity index (χ1) is 49.2. The Morgan fingerprint density at radius 3 is 0.881 bits per heavy atom. The van der Waals surface area contributed by atoms with Gasteiger partial charge in [0.1, 0.15) is 36.1 Å². The molecule has 3 aliphatic rings. The summed E-state index contributed by atoms with van der Waals surface area (Å²) < 4.78 is 15.9. The van der Waals surface area contributed by atoms with Crippen molar-refractivity contribution in [1.82, 2.24) is 28.4 Å². The molecule has 0 unspecified atom stereocenters. The van der Waals surface area contributed by atoms with E-state index >= 15 is 0 Å². The van der Waals surface area contributed by atoms with Crippen LogP contribution in [0.15, 0.2) is 152 Å². The first-order valence-corrected chi connectivity index (χ1v) is 57.8. The Morgan fingerprint density at radius 1 is 0.385 bits per heavy atom. The Morgan fingerprint density at radius 2 is 0.679 bits per heavy atom. The van der Waals surface area contributed by atoms with Crippen molar-refractivity contribution >= 4 is 62.1 Å². The summed E-state index contributed by atoms with van der Waals surface area (Å²) in [5, 5.41) is 5.17. The number of benzene rings is 5. The summed E-state index contributed by atoms with van der Waals surface area (Å²) >= 11 is 0. The summed E-state index contributed by atoms with van der Waals surface area (Å²) in [6.45, 7) is 102. The number of piperidine rings is 1. The molecule has 3 heterocycles. The summed E-state index contributed by atoms with van der Waals surface area (Å²) in [6, 6.07) is 55.9. The zero-order chi connectivity index (χ0) is 85.0. The normalized spacial score (nSPS) is 16.6. The monoisotopic (exact) mass is 1590 g/mol. The fraction of sp³-hybridized carbons (Fsp3) is 0.684. The van der Waals surface area contributed by atoms with Crippen molar-refractivity contribution in [3.63, 3.8) is 0 Å². The van der Waals surface area contributed by atoms with Crippen molar-refractivity contribution in [2.45, 2.75) is 353 Å². The molecule has 9 nitrogen and oxygen atoms in total. The van der Waals surface area contributed by atoms with Crippen molar-refractivity contribution in [1.29, 1.82) is 0 Å². The highest BCUT2D eigenvalue weighted by molar-refractivity contribution is 7.13. The van der Waals surface area contributed by atoms with Gasteiger partial charge >= 0.3 is 0 Å². The van der Waals surface area contributed by atoms with Gasteiger partial charge in [0.15, 0.2) is 8.07 Å². The van der Waals surface area contributed by atoms with E-state index in [1.54, 1.807) is 7.11 Å².